The molecule has 2 bridgehead atoms. The van der Waals surface area contributed by atoms with Crippen molar-refractivity contribution in [2.45, 2.75) is 48.6 Å². The van der Waals surface area contributed by atoms with Crippen molar-refractivity contribution in [3.8, 4) is 16.9 Å². The van der Waals surface area contributed by atoms with E-state index in [9.17, 15) is 18.3 Å². The molecule has 2 saturated heterocycles. The fraction of sp³-hybridized carbons (Fsp3) is 0.375. The normalized spacial score (nSPS) is 21.6. The summed E-state index contributed by atoms with van der Waals surface area (Å²) < 4.78 is 28.8. The summed E-state index contributed by atoms with van der Waals surface area (Å²) in [5.41, 5.74) is 8.70. The maximum absolute atomic E-state index is 12.9. The third-order valence-electron chi connectivity index (χ3n) is 7.38. The molecule has 0 aromatic carbocycles. The van der Waals surface area contributed by atoms with Gasteiger partial charge in [0.2, 0.25) is 5.91 Å². The van der Waals surface area contributed by atoms with Gasteiger partial charge in [0.1, 0.15) is 17.3 Å². The molecule has 2 aliphatic rings. The molecular formula is C24H26N8O4S. The maximum Gasteiger partial charge on any atom is 0.248 e. The van der Waals surface area contributed by atoms with Gasteiger partial charge in [-0.2, -0.15) is 14.7 Å². The molecule has 2 aliphatic heterocycles. The van der Waals surface area contributed by atoms with Gasteiger partial charge >= 0.3 is 0 Å². The number of aromatic nitrogens is 6. The Kier molecular flexibility index (Phi) is 5.49. The molecule has 192 valence electrons. The Morgan fingerprint density at radius 3 is 2.51 bits per heavy atom. The molecule has 3 atom stereocenters. The standard InChI is InChI=1S/C24H26N8O4S/c1-37(35,36)22-21(15-9-16-4-5-17(10-15)31(16)20(34)13-33)29-24-18(12-28-32(24)23(22)25)14-3-6-19(26-11-14)30-8-2-7-27-30/h2-3,6-8,11-12,15-17,33H,4-5,9-10,13,25H2,1H3/t15?,16-,17+. The zero-order chi connectivity index (χ0) is 25.9. The Morgan fingerprint density at radius 2 is 1.92 bits per heavy atom. The lowest BCUT2D eigenvalue weighted by atomic mass is 9.87. The lowest BCUT2D eigenvalue weighted by Gasteiger charge is -2.39. The highest BCUT2D eigenvalue weighted by atomic mass is 32.2. The molecule has 1 unspecified atom stereocenters. The number of fused-ring (bicyclic) bond motifs is 3. The molecule has 4 aromatic rings. The van der Waals surface area contributed by atoms with Gasteiger partial charge in [0.25, 0.3) is 0 Å². The molecule has 0 radical (unpaired) electrons. The van der Waals surface area contributed by atoms with Crippen molar-refractivity contribution in [3.05, 3.63) is 48.7 Å². The minimum atomic E-state index is -3.73. The molecule has 3 N–H and O–H groups in total. The summed E-state index contributed by atoms with van der Waals surface area (Å²) in [5, 5.41) is 17.9. The van der Waals surface area contributed by atoms with Crippen LogP contribution in [-0.2, 0) is 14.6 Å². The number of rotatable bonds is 5. The van der Waals surface area contributed by atoms with Crippen molar-refractivity contribution in [1.29, 1.82) is 0 Å². The van der Waals surface area contributed by atoms with Crippen LogP contribution in [0.25, 0.3) is 22.6 Å². The van der Waals surface area contributed by atoms with Gasteiger partial charge in [0, 0.05) is 54.0 Å². The smallest absolute Gasteiger partial charge is 0.248 e. The number of aliphatic hydroxyl groups excluding tert-OH is 1. The van der Waals surface area contributed by atoms with Crippen LogP contribution in [0.2, 0.25) is 0 Å². The van der Waals surface area contributed by atoms with Crippen molar-refractivity contribution in [1.82, 2.24) is 34.3 Å². The highest BCUT2D eigenvalue weighted by Gasteiger charge is 2.45. The van der Waals surface area contributed by atoms with Crippen LogP contribution in [0.15, 0.2) is 47.9 Å². The van der Waals surface area contributed by atoms with Gasteiger partial charge in [-0.1, -0.05) is 0 Å². The van der Waals surface area contributed by atoms with E-state index in [-0.39, 0.29) is 34.6 Å². The first kappa shape index (κ1) is 23.6. The van der Waals surface area contributed by atoms with Gasteiger partial charge in [-0.05, 0) is 43.9 Å². The summed E-state index contributed by atoms with van der Waals surface area (Å²) in [5.74, 6) is 0.162. The number of sulfone groups is 1. The fourth-order valence-electron chi connectivity index (χ4n) is 5.85. The number of hydrogen-bond donors (Lipinski definition) is 2. The van der Waals surface area contributed by atoms with E-state index in [1.54, 1.807) is 34.4 Å². The molecule has 4 aromatic heterocycles. The fourth-order valence-corrected chi connectivity index (χ4v) is 6.91. The third kappa shape index (κ3) is 3.85. The minimum absolute atomic E-state index is 0.0103. The summed E-state index contributed by atoms with van der Waals surface area (Å²) in [6, 6.07) is 5.37. The number of anilines is 1. The van der Waals surface area contributed by atoms with Crippen molar-refractivity contribution in [2.24, 2.45) is 0 Å². The van der Waals surface area contributed by atoms with Crippen molar-refractivity contribution < 1.29 is 18.3 Å². The van der Waals surface area contributed by atoms with E-state index in [4.69, 9.17) is 10.7 Å². The zero-order valence-electron chi connectivity index (χ0n) is 20.1. The second-order valence-electron chi connectivity index (χ2n) is 9.65. The molecule has 0 spiro atoms. The van der Waals surface area contributed by atoms with E-state index in [0.29, 0.717) is 35.6 Å². The molecule has 2 fully saturated rings. The van der Waals surface area contributed by atoms with Crippen LogP contribution in [0.1, 0.15) is 37.3 Å². The minimum Gasteiger partial charge on any atom is -0.387 e. The number of carbonyl (C=O) groups is 1. The number of nitrogens with two attached hydrogens (primary N) is 1. The largest absolute Gasteiger partial charge is 0.387 e. The number of aliphatic hydroxyl groups is 1. The van der Waals surface area contributed by atoms with Gasteiger partial charge < -0.3 is 15.7 Å². The van der Waals surface area contributed by atoms with Gasteiger partial charge in [0.15, 0.2) is 21.3 Å². The maximum atomic E-state index is 12.9. The second kappa shape index (κ2) is 8.63. The molecule has 37 heavy (non-hydrogen) atoms. The molecule has 6 rings (SSSR count). The van der Waals surface area contributed by atoms with Crippen LogP contribution in [0.4, 0.5) is 5.82 Å². The lowest BCUT2D eigenvalue weighted by molar-refractivity contribution is -0.138. The highest BCUT2D eigenvalue weighted by Crippen LogP contribution is 2.45. The predicted molar refractivity (Wildman–Crippen MR) is 134 cm³/mol. The Labute approximate surface area is 212 Å². The summed E-state index contributed by atoms with van der Waals surface area (Å²) in [6.45, 7) is -0.532. The van der Waals surface area contributed by atoms with Crippen LogP contribution < -0.4 is 5.73 Å². The van der Waals surface area contributed by atoms with Crippen LogP contribution in [0, 0.1) is 0 Å². The number of amides is 1. The molecule has 0 aliphatic carbocycles. The van der Waals surface area contributed by atoms with E-state index in [2.05, 4.69) is 15.2 Å². The van der Waals surface area contributed by atoms with Crippen molar-refractivity contribution >= 4 is 27.2 Å². The topological polar surface area (TPSA) is 162 Å². The SMILES string of the molecule is CS(=O)(=O)c1c(C2C[C@H]3CC[C@@H](C2)N3C(=O)CO)nc2c(-c3ccc(-n4cccn4)nc3)cnn2c1N. The number of nitrogen functional groups attached to an aromatic ring is 1. The molecule has 12 nitrogen and oxygen atoms in total. The summed E-state index contributed by atoms with van der Waals surface area (Å²) in [7, 11) is -3.73. The van der Waals surface area contributed by atoms with Gasteiger partial charge in [-0.25, -0.2) is 23.1 Å². The average molecular weight is 523 g/mol. The highest BCUT2D eigenvalue weighted by molar-refractivity contribution is 7.91. The molecular weight excluding hydrogens is 496 g/mol. The monoisotopic (exact) mass is 522 g/mol. The molecule has 1 amide bonds. The molecule has 6 heterocycles. The van der Waals surface area contributed by atoms with E-state index < -0.39 is 16.4 Å². The first-order valence-corrected chi connectivity index (χ1v) is 13.9. The Morgan fingerprint density at radius 1 is 1.16 bits per heavy atom. The van der Waals surface area contributed by atoms with Crippen LogP contribution >= 0.6 is 0 Å². The summed E-state index contributed by atoms with van der Waals surface area (Å²) >= 11 is 0. The summed E-state index contributed by atoms with van der Waals surface area (Å²) in [4.78, 5) is 23.4. The molecule has 0 saturated carbocycles. The third-order valence-corrected chi connectivity index (χ3v) is 8.54. The van der Waals surface area contributed by atoms with E-state index >= 15 is 0 Å². The predicted octanol–water partition coefficient (Wildman–Crippen LogP) is 1.19. The number of pyridine rings is 1. The number of nitrogens with zero attached hydrogens (tertiary/aromatic N) is 7. The van der Waals surface area contributed by atoms with Gasteiger partial charge in [-0.3, -0.25) is 4.79 Å². The van der Waals surface area contributed by atoms with E-state index in [0.717, 1.165) is 24.7 Å². The zero-order valence-corrected chi connectivity index (χ0v) is 20.9. The van der Waals surface area contributed by atoms with Crippen molar-refractivity contribution in [3.63, 3.8) is 0 Å². The Balaban J connectivity index is 1.45. The Hall–Kier alpha value is -3.84. The van der Waals surface area contributed by atoms with Crippen molar-refractivity contribution in [2.75, 3.05) is 18.6 Å². The number of hydrogen-bond acceptors (Lipinski definition) is 9. The summed E-state index contributed by atoms with van der Waals surface area (Å²) in [6.07, 6.45) is 10.6. The average Bonchev–Trinajstić information content (AvgIpc) is 3.61. The van der Waals surface area contributed by atoms with Gasteiger partial charge in [0.05, 0.1) is 11.9 Å². The van der Waals surface area contributed by atoms with E-state index in [1.807, 2.05) is 18.2 Å². The Bertz CT molecular complexity index is 1580. The lowest BCUT2D eigenvalue weighted by Crippen LogP contribution is -2.47. The van der Waals surface area contributed by atoms with Crippen LogP contribution in [0.5, 0.6) is 0 Å². The second-order valence-corrected chi connectivity index (χ2v) is 11.6. The first-order valence-electron chi connectivity index (χ1n) is 12.0. The van der Waals surface area contributed by atoms with Crippen LogP contribution in [0.3, 0.4) is 0 Å². The first-order chi connectivity index (χ1) is 17.8. The van der Waals surface area contributed by atoms with Crippen LogP contribution in [-0.4, -0.2) is 78.6 Å². The number of carbonyl (C=O) groups excluding carboxylic acids is 1. The van der Waals surface area contributed by atoms with Gasteiger partial charge in [-0.15, -0.1) is 0 Å². The quantitative estimate of drug-likeness (QED) is 0.392. The van der Waals surface area contributed by atoms with E-state index in [1.165, 1.54) is 4.52 Å². The number of piperidine rings is 1. The molecule has 13 heteroatoms.